The van der Waals surface area contributed by atoms with E-state index in [1.165, 1.54) is 0 Å². The smallest absolute Gasteiger partial charge is 0.318 e. The van der Waals surface area contributed by atoms with Gasteiger partial charge in [0.15, 0.2) is 5.60 Å². The Labute approximate surface area is 117 Å². The Balaban J connectivity index is 1.87. The van der Waals surface area contributed by atoms with E-state index in [1.807, 2.05) is 6.92 Å². The molecule has 5 heteroatoms. The molecule has 0 aromatic rings. The normalized spacial score (nSPS) is 62.4. The summed E-state index contributed by atoms with van der Waals surface area (Å²) >= 11 is 0. The third-order valence-electron chi connectivity index (χ3n) is 6.86. The van der Waals surface area contributed by atoms with Crippen LogP contribution in [0.15, 0.2) is 0 Å². The molecule has 3 aliphatic carbocycles. The number of esters is 1. The molecule has 4 fully saturated rings. The number of cyclic esters (lactones) is 1. The first-order chi connectivity index (χ1) is 9.10. The number of rotatable bonds is 0. The van der Waals surface area contributed by atoms with E-state index in [2.05, 4.69) is 13.8 Å². The monoisotopic (exact) mass is 282 g/mol. The van der Waals surface area contributed by atoms with Crippen LogP contribution < -0.4 is 0 Å². The molecule has 112 valence electrons. The Hall–Kier alpha value is -0.650. The lowest BCUT2D eigenvalue weighted by Gasteiger charge is -2.46. The summed E-state index contributed by atoms with van der Waals surface area (Å²) < 4.78 is 4.92. The summed E-state index contributed by atoms with van der Waals surface area (Å²) in [5.41, 5.74) is -3.23. The summed E-state index contributed by atoms with van der Waals surface area (Å²) in [5.74, 6) is -0.428. The molecular formula is C15H22O5. The molecule has 1 aliphatic heterocycles. The highest BCUT2D eigenvalue weighted by molar-refractivity contribution is 5.87. The van der Waals surface area contributed by atoms with Crippen molar-refractivity contribution >= 4 is 5.97 Å². The van der Waals surface area contributed by atoms with Crippen molar-refractivity contribution in [3.05, 3.63) is 0 Å². The van der Waals surface area contributed by atoms with Crippen molar-refractivity contribution in [2.45, 2.75) is 58.0 Å². The molecule has 1 saturated heterocycles. The van der Waals surface area contributed by atoms with Gasteiger partial charge in [-0.25, -0.2) is 0 Å². The molecule has 3 N–H and O–H groups in total. The van der Waals surface area contributed by atoms with Crippen LogP contribution >= 0.6 is 0 Å². The summed E-state index contributed by atoms with van der Waals surface area (Å²) in [4.78, 5) is 12.2. The highest BCUT2D eigenvalue weighted by Gasteiger charge is 2.91. The zero-order valence-corrected chi connectivity index (χ0v) is 12.1. The summed E-state index contributed by atoms with van der Waals surface area (Å²) in [5, 5.41) is 31.7. The van der Waals surface area contributed by atoms with Crippen molar-refractivity contribution in [1.29, 1.82) is 0 Å². The number of aliphatic hydroxyl groups is 3. The Bertz CT molecular complexity index is 516. The molecule has 1 heterocycles. The van der Waals surface area contributed by atoms with Gasteiger partial charge in [-0.1, -0.05) is 20.8 Å². The predicted octanol–water partition coefficient (Wildman–Crippen LogP) is 0.416. The van der Waals surface area contributed by atoms with Gasteiger partial charge in [0.05, 0.1) is 6.10 Å². The maximum absolute atomic E-state index is 12.2. The van der Waals surface area contributed by atoms with Gasteiger partial charge in [0, 0.05) is 0 Å². The molecule has 0 unspecified atom stereocenters. The van der Waals surface area contributed by atoms with Crippen LogP contribution in [0.3, 0.4) is 0 Å². The van der Waals surface area contributed by atoms with E-state index in [-0.39, 0.29) is 22.7 Å². The van der Waals surface area contributed by atoms with Crippen LogP contribution in [0.25, 0.3) is 0 Å². The standard InChI is InChI=1S/C15H22O5/c1-12(2)4-7-8(5-12)13(3)6-14(13)10(17)20-11(18)15(14,19)9(7)16/h7-9,11,16,18-19H,4-6H2,1-3H3/t7-,8+,9-,11+,13-,14+,15-/m1/s1. The van der Waals surface area contributed by atoms with Gasteiger partial charge >= 0.3 is 5.97 Å². The molecule has 7 atom stereocenters. The molecule has 5 nitrogen and oxygen atoms in total. The highest BCUT2D eigenvalue weighted by atomic mass is 16.7. The minimum Gasteiger partial charge on any atom is -0.432 e. The van der Waals surface area contributed by atoms with E-state index in [4.69, 9.17) is 4.74 Å². The van der Waals surface area contributed by atoms with E-state index in [1.54, 1.807) is 0 Å². The van der Waals surface area contributed by atoms with Crippen molar-refractivity contribution in [2.75, 3.05) is 0 Å². The first-order valence-electron chi connectivity index (χ1n) is 7.40. The van der Waals surface area contributed by atoms with Gasteiger partial charge in [0.25, 0.3) is 0 Å². The lowest BCUT2D eigenvalue weighted by molar-refractivity contribution is -0.241. The van der Waals surface area contributed by atoms with Gasteiger partial charge in [-0.05, 0) is 41.9 Å². The number of hydrogen-bond donors (Lipinski definition) is 3. The second-order valence-corrected chi connectivity index (χ2v) is 8.37. The molecule has 1 spiro atoms. The highest BCUT2D eigenvalue weighted by Crippen LogP contribution is 2.82. The number of carbonyl (C=O) groups excluding carboxylic acids is 1. The van der Waals surface area contributed by atoms with Crippen molar-refractivity contribution < 1.29 is 24.9 Å². The molecule has 0 bridgehead atoms. The van der Waals surface area contributed by atoms with Crippen LogP contribution in [-0.2, 0) is 9.53 Å². The molecule has 4 rings (SSSR count). The second kappa shape index (κ2) is 3.08. The zero-order chi connectivity index (χ0) is 14.7. The van der Waals surface area contributed by atoms with Gasteiger partial charge in [-0.2, -0.15) is 0 Å². The minimum atomic E-state index is -1.85. The summed E-state index contributed by atoms with van der Waals surface area (Å²) in [7, 11) is 0. The topological polar surface area (TPSA) is 87.0 Å². The lowest BCUT2D eigenvalue weighted by atomic mass is 9.60. The average molecular weight is 282 g/mol. The molecule has 20 heavy (non-hydrogen) atoms. The number of ether oxygens (including phenoxy) is 1. The third kappa shape index (κ3) is 1.02. The fraction of sp³-hybridized carbons (Fsp3) is 0.933. The molecule has 0 aromatic carbocycles. The molecule has 0 amide bonds. The van der Waals surface area contributed by atoms with Gasteiger partial charge < -0.3 is 20.1 Å². The SMILES string of the molecule is CC1(C)C[C@H]2[C@@H](O)[C@@]3(O)[C@@H](O)OC(=O)[C@]34C[C@]4(C)[C@H]2C1. The summed E-state index contributed by atoms with van der Waals surface area (Å²) in [6, 6.07) is 0. The molecule has 4 aliphatic rings. The number of hydrogen-bond acceptors (Lipinski definition) is 5. The Morgan fingerprint density at radius 1 is 1.20 bits per heavy atom. The maximum Gasteiger partial charge on any atom is 0.318 e. The first-order valence-corrected chi connectivity index (χ1v) is 7.40. The van der Waals surface area contributed by atoms with Crippen LogP contribution in [0.5, 0.6) is 0 Å². The Morgan fingerprint density at radius 3 is 2.50 bits per heavy atom. The van der Waals surface area contributed by atoms with Crippen molar-refractivity contribution in [3.8, 4) is 0 Å². The van der Waals surface area contributed by atoms with Gasteiger partial charge in [0.1, 0.15) is 5.41 Å². The van der Waals surface area contributed by atoms with Crippen LogP contribution in [0, 0.1) is 28.1 Å². The lowest BCUT2D eigenvalue weighted by Crippen LogP contribution is -2.63. The maximum atomic E-state index is 12.2. The third-order valence-corrected chi connectivity index (χ3v) is 6.86. The molecule has 3 saturated carbocycles. The largest absolute Gasteiger partial charge is 0.432 e. The predicted molar refractivity (Wildman–Crippen MR) is 68.2 cm³/mol. The van der Waals surface area contributed by atoms with Crippen molar-refractivity contribution in [2.24, 2.45) is 28.1 Å². The zero-order valence-electron chi connectivity index (χ0n) is 12.1. The van der Waals surface area contributed by atoms with Gasteiger partial charge in [0.2, 0.25) is 6.29 Å². The van der Waals surface area contributed by atoms with Crippen LogP contribution in [-0.4, -0.2) is 39.3 Å². The quantitative estimate of drug-likeness (QED) is 0.560. The minimum absolute atomic E-state index is 0.0835. The van der Waals surface area contributed by atoms with E-state index >= 15 is 0 Å². The van der Waals surface area contributed by atoms with E-state index in [0.29, 0.717) is 6.42 Å². The summed E-state index contributed by atoms with van der Waals surface area (Å²) in [6.07, 6.45) is -0.483. The Kier molecular flexibility index (Phi) is 2.01. The van der Waals surface area contributed by atoms with Gasteiger partial charge in [-0.15, -0.1) is 0 Å². The van der Waals surface area contributed by atoms with Crippen molar-refractivity contribution in [1.82, 2.24) is 0 Å². The summed E-state index contributed by atoms with van der Waals surface area (Å²) in [6.45, 7) is 6.32. The Morgan fingerprint density at radius 2 is 1.85 bits per heavy atom. The van der Waals surface area contributed by atoms with E-state index in [9.17, 15) is 20.1 Å². The average Bonchev–Trinajstić information content (AvgIpc) is 2.80. The van der Waals surface area contributed by atoms with Crippen LogP contribution in [0.4, 0.5) is 0 Å². The fourth-order valence-electron chi connectivity index (χ4n) is 5.89. The van der Waals surface area contributed by atoms with Crippen LogP contribution in [0.2, 0.25) is 0 Å². The van der Waals surface area contributed by atoms with Crippen molar-refractivity contribution in [3.63, 3.8) is 0 Å². The number of aliphatic hydroxyl groups excluding tert-OH is 2. The first kappa shape index (κ1) is 13.0. The van der Waals surface area contributed by atoms with Crippen LogP contribution in [0.1, 0.15) is 40.0 Å². The fourth-order valence-corrected chi connectivity index (χ4v) is 5.89. The van der Waals surface area contributed by atoms with E-state index in [0.717, 1.165) is 12.8 Å². The molecule has 0 radical (unpaired) electrons. The van der Waals surface area contributed by atoms with E-state index < -0.39 is 29.4 Å². The second-order valence-electron chi connectivity index (χ2n) is 8.37. The molecule has 0 aromatic heterocycles. The van der Waals surface area contributed by atoms with Gasteiger partial charge in [-0.3, -0.25) is 4.79 Å². The number of fused-ring (bicyclic) bond motifs is 2. The molecular weight excluding hydrogens is 260 g/mol. The number of carbonyl (C=O) groups is 1.